The van der Waals surface area contributed by atoms with Crippen molar-refractivity contribution in [1.82, 2.24) is 0 Å². The molecule has 0 aromatic carbocycles. The van der Waals surface area contributed by atoms with Gasteiger partial charge in [-0.1, -0.05) is 0 Å². The maximum absolute atomic E-state index is 8.72. The Morgan fingerprint density at radius 2 is 0.818 bits per heavy atom. The summed E-state index contributed by atoms with van der Waals surface area (Å²) in [7, 11) is 1.66. The van der Waals surface area contributed by atoms with Crippen molar-refractivity contribution in [2.75, 3.05) is 106 Å². The smallest absolute Gasteiger partial charge is 0.0781 e. The van der Waals surface area contributed by atoms with Crippen LogP contribution in [0.3, 0.4) is 0 Å². The lowest BCUT2D eigenvalue weighted by Gasteiger charge is -2.18. The van der Waals surface area contributed by atoms with E-state index < -0.39 is 0 Å². The summed E-state index contributed by atoms with van der Waals surface area (Å²) in [4.78, 5) is 0. The summed E-state index contributed by atoms with van der Waals surface area (Å²) in [5.41, 5.74) is 0. The normalized spacial score (nSPS) is 13.9. The summed E-state index contributed by atoms with van der Waals surface area (Å²) in [5, 5.41) is 25.6. The van der Waals surface area contributed by atoms with Crippen LogP contribution in [0.25, 0.3) is 0 Å². The molecule has 0 aliphatic carbocycles. The van der Waals surface area contributed by atoms with Crippen LogP contribution in [0, 0.1) is 0 Å². The summed E-state index contributed by atoms with van der Waals surface area (Å²) >= 11 is 0. The third-order valence-electron chi connectivity index (χ3n) is 3.85. The highest BCUT2D eigenvalue weighted by Gasteiger charge is 2.08. The summed E-state index contributed by atoms with van der Waals surface area (Å²) in [6.07, 6.45) is 0.00946. The highest BCUT2D eigenvalue weighted by Crippen LogP contribution is 1.98. The van der Waals surface area contributed by atoms with E-state index in [0.29, 0.717) is 79.3 Å². The first kappa shape index (κ1) is 34.7. The maximum atomic E-state index is 8.72. The number of aliphatic hydroxyl groups is 3. The van der Waals surface area contributed by atoms with Gasteiger partial charge in [0.15, 0.2) is 0 Å². The molecule has 0 amide bonds. The number of methoxy groups -OCH3 is 1. The molecular weight excluding hydrogens is 440 g/mol. The van der Waals surface area contributed by atoms with Gasteiger partial charge in [0.1, 0.15) is 0 Å². The fraction of sp³-hybridized carbons (Fsp3) is 1.00. The highest BCUT2D eigenvalue weighted by molar-refractivity contribution is 4.53. The van der Waals surface area contributed by atoms with E-state index in [1.54, 1.807) is 7.11 Å². The quantitative estimate of drug-likeness (QED) is 0.157. The summed E-state index contributed by atoms with van der Waals surface area (Å²) in [6, 6.07) is 0. The lowest BCUT2D eigenvalue weighted by atomic mass is 10.4. The van der Waals surface area contributed by atoms with Crippen LogP contribution in [0.5, 0.6) is 0 Å². The first-order valence-corrected chi connectivity index (χ1v) is 11.5. The van der Waals surface area contributed by atoms with Gasteiger partial charge >= 0.3 is 0 Å². The van der Waals surface area contributed by atoms with Crippen molar-refractivity contribution in [3.8, 4) is 0 Å². The van der Waals surface area contributed by atoms with Crippen LogP contribution in [0.15, 0.2) is 0 Å². The van der Waals surface area contributed by atoms with E-state index in [1.165, 1.54) is 0 Å². The predicted molar refractivity (Wildman–Crippen MR) is 123 cm³/mol. The molecule has 3 atom stereocenters. The number of aliphatic hydroxyl groups excluding tert-OH is 3. The molecule has 0 radical (unpaired) electrons. The molecule has 33 heavy (non-hydrogen) atoms. The lowest BCUT2D eigenvalue weighted by Crippen LogP contribution is -2.25. The van der Waals surface area contributed by atoms with Crippen molar-refractivity contribution < 1.29 is 53.2 Å². The van der Waals surface area contributed by atoms with Gasteiger partial charge in [-0.15, -0.1) is 0 Å². The molecule has 0 aromatic heterocycles. The van der Waals surface area contributed by atoms with Crippen molar-refractivity contribution >= 4 is 0 Å². The van der Waals surface area contributed by atoms with Crippen molar-refractivity contribution in [2.45, 2.75) is 39.1 Å². The number of hydrogen-bond acceptors (Lipinski definition) is 11. The molecular formula is C22H48O11. The molecule has 11 nitrogen and oxygen atoms in total. The van der Waals surface area contributed by atoms with Crippen LogP contribution in [-0.4, -0.2) is 140 Å². The van der Waals surface area contributed by atoms with Crippen LogP contribution in [0.4, 0.5) is 0 Å². The summed E-state index contributed by atoms with van der Waals surface area (Å²) in [6.45, 7) is 11.6. The third kappa shape index (κ3) is 31.6. The fourth-order valence-electron chi connectivity index (χ4n) is 1.88. The minimum atomic E-state index is -0.124. The second-order valence-electron chi connectivity index (χ2n) is 7.03. The van der Waals surface area contributed by atoms with Gasteiger partial charge in [0.2, 0.25) is 0 Å². The van der Waals surface area contributed by atoms with Gasteiger partial charge in [0, 0.05) is 7.11 Å². The second-order valence-corrected chi connectivity index (χ2v) is 7.03. The molecule has 0 aliphatic heterocycles. The van der Waals surface area contributed by atoms with Crippen LogP contribution in [0.1, 0.15) is 20.8 Å². The SMILES string of the molecule is COC(C)COC(C)COC(C)CO.OCCOCCOCCOCCOCCOCCO. The van der Waals surface area contributed by atoms with Gasteiger partial charge in [-0.25, -0.2) is 0 Å². The number of rotatable bonds is 24. The van der Waals surface area contributed by atoms with Crippen LogP contribution >= 0.6 is 0 Å². The molecule has 202 valence electrons. The van der Waals surface area contributed by atoms with Crippen LogP contribution in [0.2, 0.25) is 0 Å². The van der Waals surface area contributed by atoms with Gasteiger partial charge in [-0.2, -0.15) is 0 Å². The maximum Gasteiger partial charge on any atom is 0.0781 e. The zero-order valence-corrected chi connectivity index (χ0v) is 20.9. The molecule has 3 N–H and O–H groups in total. The van der Waals surface area contributed by atoms with Crippen LogP contribution in [-0.2, 0) is 37.9 Å². The lowest BCUT2D eigenvalue weighted by molar-refractivity contribution is -0.0677. The first-order chi connectivity index (χ1) is 16.0. The Kier molecular flexibility index (Phi) is 31.1. The second kappa shape index (κ2) is 29.6. The van der Waals surface area contributed by atoms with E-state index in [1.807, 2.05) is 20.8 Å². The fourth-order valence-corrected chi connectivity index (χ4v) is 1.88. The minimum Gasteiger partial charge on any atom is -0.394 e. The standard InChI is InChI=1S/C12H26O7.C10H22O4/c13-1-3-15-5-7-17-9-11-19-12-10-18-8-6-16-4-2-14;1-8(5-11)13-7-10(3)14-6-9(2)12-4/h13-14H,1-12H2;8-11H,5-7H2,1-4H3. The minimum absolute atomic E-state index is 0.0293. The van der Waals surface area contributed by atoms with E-state index in [4.69, 9.17) is 53.2 Å². The molecule has 0 heterocycles. The first-order valence-electron chi connectivity index (χ1n) is 11.5. The molecule has 0 bridgehead atoms. The average molecular weight is 489 g/mol. The van der Waals surface area contributed by atoms with Crippen molar-refractivity contribution in [3.05, 3.63) is 0 Å². The Balaban J connectivity index is 0. The van der Waals surface area contributed by atoms with Gasteiger partial charge in [0.05, 0.1) is 117 Å². The molecule has 0 aliphatic rings. The Labute approximate surface area is 199 Å². The largest absolute Gasteiger partial charge is 0.394 e. The summed E-state index contributed by atoms with van der Waals surface area (Å²) in [5.74, 6) is 0. The Hall–Kier alpha value is -0.440. The highest BCUT2D eigenvalue weighted by atomic mass is 16.6. The molecule has 0 spiro atoms. The summed E-state index contributed by atoms with van der Waals surface area (Å²) < 4.78 is 41.6. The van der Waals surface area contributed by atoms with Gasteiger partial charge in [-0.3, -0.25) is 0 Å². The third-order valence-corrected chi connectivity index (χ3v) is 3.85. The van der Waals surface area contributed by atoms with E-state index in [0.717, 1.165) is 0 Å². The van der Waals surface area contributed by atoms with E-state index in [2.05, 4.69) is 0 Å². The predicted octanol–water partition coefficient (Wildman–Crippen LogP) is -0.122. The molecule has 0 saturated heterocycles. The van der Waals surface area contributed by atoms with Gasteiger partial charge < -0.3 is 53.2 Å². The zero-order valence-electron chi connectivity index (χ0n) is 20.9. The molecule has 11 heteroatoms. The van der Waals surface area contributed by atoms with Crippen LogP contribution < -0.4 is 0 Å². The molecule has 0 rings (SSSR count). The molecule has 0 aromatic rings. The monoisotopic (exact) mass is 488 g/mol. The average Bonchev–Trinajstić information content (AvgIpc) is 2.83. The number of ether oxygens (including phenoxy) is 8. The Bertz CT molecular complexity index is 320. The van der Waals surface area contributed by atoms with E-state index >= 15 is 0 Å². The Morgan fingerprint density at radius 3 is 1.15 bits per heavy atom. The Morgan fingerprint density at radius 1 is 0.485 bits per heavy atom. The van der Waals surface area contributed by atoms with E-state index in [-0.39, 0.29) is 38.1 Å². The van der Waals surface area contributed by atoms with Crippen molar-refractivity contribution in [1.29, 1.82) is 0 Å². The molecule has 3 unspecified atom stereocenters. The van der Waals surface area contributed by atoms with E-state index in [9.17, 15) is 0 Å². The van der Waals surface area contributed by atoms with Crippen molar-refractivity contribution in [2.24, 2.45) is 0 Å². The molecule has 0 saturated carbocycles. The zero-order chi connectivity index (χ0) is 25.0. The number of hydrogen-bond donors (Lipinski definition) is 3. The van der Waals surface area contributed by atoms with Crippen molar-refractivity contribution in [3.63, 3.8) is 0 Å². The topological polar surface area (TPSA) is 135 Å². The molecule has 0 fully saturated rings. The van der Waals surface area contributed by atoms with Gasteiger partial charge in [0.25, 0.3) is 0 Å². The van der Waals surface area contributed by atoms with Gasteiger partial charge in [-0.05, 0) is 20.8 Å².